The zero-order chi connectivity index (χ0) is 14.7. The molecule has 4 heteroatoms. The molecule has 1 fully saturated rings. The van der Waals surface area contributed by atoms with E-state index in [-0.39, 0.29) is 0 Å². The first-order valence-electron chi connectivity index (χ1n) is 7.47. The monoisotopic (exact) mass is 475 g/mol. The van der Waals surface area contributed by atoms with Crippen molar-refractivity contribution in [1.29, 1.82) is 0 Å². The number of hydrogen-bond acceptors (Lipinski definition) is 2. The second-order valence-corrected chi connectivity index (χ2v) is 8.70. The molecule has 1 aromatic heterocycles. The topological polar surface area (TPSA) is 3.24 Å². The van der Waals surface area contributed by atoms with Crippen LogP contribution in [0.15, 0.2) is 40.2 Å². The number of thiophene rings is 1. The normalized spacial score (nSPS) is 16.1. The second-order valence-electron chi connectivity index (χ2n) is 5.65. The number of anilines is 1. The van der Waals surface area contributed by atoms with Gasteiger partial charge >= 0.3 is 0 Å². The number of rotatable bonds is 4. The maximum atomic E-state index is 3.60. The van der Waals surface area contributed by atoms with Gasteiger partial charge in [0, 0.05) is 26.0 Å². The van der Waals surface area contributed by atoms with Gasteiger partial charge in [-0.05, 0) is 75.1 Å². The smallest absolute Gasteiger partial charge is 0.0925 e. The lowest BCUT2D eigenvalue weighted by molar-refractivity contribution is 0.414. The Balaban J connectivity index is 1.82. The van der Waals surface area contributed by atoms with Crippen molar-refractivity contribution in [2.45, 2.75) is 44.7 Å². The standard InChI is InChI=1S/C17H19BrINS/c18-14-10-17(21-12-14)20(16-4-2-1-3-5-16)11-13-6-8-15(19)9-7-13/h6-10,12,16H,1-5,11H2. The van der Waals surface area contributed by atoms with Gasteiger partial charge < -0.3 is 4.90 Å². The molecule has 1 nitrogen and oxygen atoms in total. The van der Waals surface area contributed by atoms with Crippen LogP contribution in [0.2, 0.25) is 0 Å². The van der Waals surface area contributed by atoms with E-state index in [1.165, 1.54) is 50.7 Å². The molecule has 21 heavy (non-hydrogen) atoms. The van der Waals surface area contributed by atoms with Crippen molar-refractivity contribution in [3.05, 3.63) is 49.3 Å². The van der Waals surface area contributed by atoms with Gasteiger partial charge in [0.2, 0.25) is 0 Å². The molecule has 0 aliphatic heterocycles. The van der Waals surface area contributed by atoms with E-state index in [2.05, 4.69) is 79.1 Å². The fourth-order valence-corrected chi connectivity index (χ4v) is 4.87. The Labute approximate surface area is 153 Å². The zero-order valence-electron chi connectivity index (χ0n) is 11.9. The highest BCUT2D eigenvalue weighted by molar-refractivity contribution is 14.1. The molecule has 1 aliphatic carbocycles. The molecule has 0 atom stereocenters. The van der Waals surface area contributed by atoms with Gasteiger partial charge in [-0.25, -0.2) is 0 Å². The Hall–Kier alpha value is -0.0700. The van der Waals surface area contributed by atoms with Crippen LogP contribution in [0, 0.1) is 3.57 Å². The third-order valence-electron chi connectivity index (χ3n) is 4.12. The zero-order valence-corrected chi connectivity index (χ0v) is 16.5. The summed E-state index contributed by atoms with van der Waals surface area (Å²) in [4.78, 5) is 2.62. The molecule has 1 saturated carbocycles. The first kappa shape index (κ1) is 15.8. The van der Waals surface area contributed by atoms with E-state index in [1.807, 2.05) is 11.3 Å². The summed E-state index contributed by atoms with van der Waals surface area (Å²) in [6, 6.07) is 11.9. The molecular weight excluding hydrogens is 457 g/mol. The van der Waals surface area contributed by atoms with Gasteiger partial charge in [0.1, 0.15) is 0 Å². The molecule has 0 radical (unpaired) electrons. The summed E-state index contributed by atoms with van der Waals surface area (Å²) in [6.07, 6.45) is 6.82. The average Bonchev–Trinajstić information content (AvgIpc) is 2.94. The molecule has 0 saturated heterocycles. The Morgan fingerprint density at radius 2 is 1.86 bits per heavy atom. The molecule has 0 amide bonds. The lowest BCUT2D eigenvalue weighted by Crippen LogP contribution is -2.35. The third-order valence-corrected chi connectivity index (χ3v) is 6.56. The van der Waals surface area contributed by atoms with Gasteiger partial charge in [-0.3, -0.25) is 0 Å². The maximum absolute atomic E-state index is 3.60. The van der Waals surface area contributed by atoms with Crippen molar-refractivity contribution in [2.24, 2.45) is 0 Å². The van der Waals surface area contributed by atoms with Crippen LogP contribution >= 0.6 is 49.9 Å². The molecule has 1 heterocycles. The number of benzene rings is 1. The number of hydrogen-bond donors (Lipinski definition) is 0. The van der Waals surface area contributed by atoms with E-state index in [1.54, 1.807) is 0 Å². The average molecular weight is 476 g/mol. The summed E-state index contributed by atoms with van der Waals surface area (Å²) in [6.45, 7) is 1.02. The predicted octanol–water partition coefficient (Wildman–Crippen LogP) is 6.45. The molecule has 0 spiro atoms. The van der Waals surface area contributed by atoms with Crippen molar-refractivity contribution < 1.29 is 0 Å². The van der Waals surface area contributed by atoms with Gasteiger partial charge in [0.15, 0.2) is 0 Å². The van der Waals surface area contributed by atoms with E-state index in [0.29, 0.717) is 6.04 Å². The lowest BCUT2D eigenvalue weighted by Gasteiger charge is -2.35. The highest BCUT2D eigenvalue weighted by atomic mass is 127. The van der Waals surface area contributed by atoms with Gasteiger partial charge in [-0.2, -0.15) is 0 Å². The maximum Gasteiger partial charge on any atom is 0.0925 e. The van der Waals surface area contributed by atoms with Crippen LogP contribution in [0.25, 0.3) is 0 Å². The quantitative estimate of drug-likeness (QED) is 0.459. The molecule has 0 unspecified atom stereocenters. The minimum Gasteiger partial charge on any atom is -0.356 e. The molecule has 1 aliphatic rings. The summed E-state index contributed by atoms with van der Waals surface area (Å²) in [5.41, 5.74) is 1.41. The van der Waals surface area contributed by atoms with Crippen LogP contribution in [-0.2, 0) is 6.54 Å². The van der Waals surface area contributed by atoms with Gasteiger partial charge in [0.25, 0.3) is 0 Å². The summed E-state index contributed by atoms with van der Waals surface area (Å²) in [5, 5.41) is 3.59. The van der Waals surface area contributed by atoms with Crippen LogP contribution in [0.3, 0.4) is 0 Å². The Bertz CT molecular complexity index is 575. The van der Waals surface area contributed by atoms with Gasteiger partial charge in [-0.15, -0.1) is 11.3 Å². The van der Waals surface area contributed by atoms with Crippen molar-refractivity contribution in [2.75, 3.05) is 4.90 Å². The molecule has 3 rings (SSSR count). The highest BCUT2D eigenvalue weighted by Crippen LogP contribution is 2.34. The SMILES string of the molecule is Brc1csc(N(Cc2ccc(I)cc2)C2CCCCC2)c1. The summed E-state index contributed by atoms with van der Waals surface area (Å²) in [7, 11) is 0. The van der Waals surface area contributed by atoms with Gasteiger partial charge in [-0.1, -0.05) is 31.4 Å². The Kier molecular flexibility index (Phi) is 5.62. The van der Waals surface area contributed by atoms with Crippen LogP contribution in [0.4, 0.5) is 5.00 Å². The minimum absolute atomic E-state index is 0.698. The van der Waals surface area contributed by atoms with Crippen molar-refractivity contribution in [1.82, 2.24) is 0 Å². The molecule has 1 aromatic carbocycles. The largest absolute Gasteiger partial charge is 0.356 e. The Morgan fingerprint density at radius 1 is 1.14 bits per heavy atom. The second kappa shape index (κ2) is 7.47. The first-order valence-corrected chi connectivity index (χ1v) is 10.2. The van der Waals surface area contributed by atoms with Crippen LogP contribution in [-0.4, -0.2) is 6.04 Å². The highest BCUT2D eigenvalue weighted by Gasteiger charge is 2.22. The molecule has 112 valence electrons. The van der Waals surface area contributed by atoms with Crippen molar-refractivity contribution in [3.63, 3.8) is 0 Å². The van der Waals surface area contributed by atoms with Gasteiger partial charge in [0.05, 0.1) is 5.00 Å². The first-order chi connectivity index (χ1) is 10.2. The fourth-order valence-electron chi connectivity index (χ4n) is 3.02. The minimum atomic E-state index is 0.698. The van der Waals surface area contributed by atoms with E-state index in [9.17, 15) is 0 Å². The van der Waals surface area contributed by atoms with E-state index < -0.39 is 0 Å². The van der Waals surface area contributed by atoms with Crippen LogP contribution < -0.4 is 4.90 Å². The van der Waals surface area contributed by atoms with E-state index in [4.69, 9.17) is 0 Å². The molecule has 0 bridgehead atoms. The van der Waals surface area contributed by atoms with Crippen molar-refractivity contribution in [3.8, 4) is 0 Å². The predicted molar refractivity (Wildman–Crippen MR) is 104 cm³/mol. The fraction of sp³-hybridized carbons (Fsp3) is 0.412. The number of nitrogens with zero attached hydrogens (tertiary/aromatic N) is 1. The molecular formula is C17H19BrINS. The summed E-state index contributed by atoms with van der Waals surface area (Å²) < 4.78 is 2.50. The Morgan fingerprint density at radius 3 is 2.48 bits per heavy atom. The molecule has 2 aromatic rings. The molecule has 0 N–H and O–H groups in total. The van der Waals surface area contributed by atoms with Crippen LogP contribution in [0.5, 0.6) is 0 Å². The summed E-state index contributed by atoms with van der Waals surface area (Å²) in [5.74, 6) is 0. The van der Waals surface area contributed by atoms with E-state index in [0.717, 1.165) is 6.54 Å². The van der Waals surface area contributed by atoms with E-state index >= 15 is 0 Å². The third kappa shape index (κ3) is 4.23. The lowest BCUT2D eigenvalue weighted by atomic mass is 9.94. The van der Waals surface area contributed by atoms with Crippen molar-refractivity contribution >= 4 is 54.9 Å². The summed E-state index contributed by atoms with van der Waals surface area (Å²) >= 11 is 7.82. The van der Waals surface area contributed by atoms with Crippen LogP contribution in [0.1, 0.15) is 37.7 Å². The number of halogens is 2.